The summed E-state index contributed by atoms with van der Waals surface area (Å²) in [5.74, 6) is -2.42. The number of hydrogen-bond donors (Lipinski definition) is 10. The van der Waals surface area contributed by atoms with Gasteiger partial charge in [0, 0.05) is 17.7 Å². The Balaban J connectivity index is 1.56. The lowest BCUT2D eigenvalue weighted by molar-refractivity contribution is -0.277. The number of benzene rings is 2. The summed E-state index contributed by atoms with van der Waals surface area (Å²) in [7, 11) is 1.31. The number of aliphatic hydroxyl groups excluding tert-OH is 8. The summed E-state index contributed by atoms with van der Waals surface area (Å²) < 4.78 is 32.9. The molecule has 246 valence electrons. The van der Waals surface area contributed by atoms with Gasteiger partial charge in [0.15, 0.2) is 17.3 Å². The van der Waals surface area contributed by atoms with Gasteiger partial charge in [-0.1, -0.05) is 0 Å². The van der Waals surface area contributed by atoms with Gasteiger partial charge in [0.25, 0.3) is 0 Å². The highest BCUT2D eigenvalue weighted by Gasteiger charge is 2.46. The van der Waals surface area contributed by atoms with Crippen molar-refractivity contribution in [2.75, 3.05) is 20.3 Å². The first-order valence-corrected chi connectivity index (χ1v) is 13.6. The van der Waals surface area contributed by atoms with Gasteiger partial charge in [-0.2, -0.15) is 0 Å². The molecular weight excluding hydrogens is 608 g/mol. The smallest absolute Gasteiger partial charge is 0.239 e. The lowest BCUT2D eigenvalue weighted by atomic mass is 9.99. The summed E-state index contributed by atoms with van der Waals surface area (Å²) in [6.07, 6.45) is -16.8. The molecule has 2 aromatic carbocycles. The molecule has 1 aromatic heterocycles. The largest absolute Gasteiger partial charge is 0.507 e. The number of hydrogen-bond acceptors (Lipinski definition) is 17. The maximum absolute atomic E-state index is 13.7. The lowest BCUT2D eigenvalue weighted by Gasteiger charge is -2.39. The summed E-state index contributed by atoms with van der Waals surface area (Å²) in [5, 5.41) is 101. The van der Waals surface area contributed by atoms with Crippen molar-refractivity contribution in [2.45, 2.75) is 61.4 Å². The molecule has 3 heterocycles. The van der Waals surface area contributed by atoms with E-state index in [0.717, 1.165) is 18.2 Å². The molecule has 17 heteroatoms. The number of fused-ring (bicyclic) bond motifs is 1. The number of aromatic hydroxyl groups is 2. The van der Waals surface area contributed by atoms with Gasteiger partial charge in [0.1, 0.15) is 71.3 Å². The summed E-state index contributed by atoms with van der Waals surface area (Å²) in [5.41, 5.74) is -1.21. The third-order valence-electron chi connectivity index (χ3n) is 7.54. The summed E-state index contributed by atoms with van der Waals surface area (Å²) >= 11 is 0. The standard InChI is InChI=1S/C28H32O17/c1-40-10-5-12(32)17-14(6-10)41-25(26(20(17)35)45-28-24(39)22(37)19(34)16(8-30)44-28)9-2-3-13(11(31)4-9)42-27-23(38)21(36)18(33)15(7-29)43-27/h2-6,15-16,18-19,21-24,27-34,36-39H,7-8H2,1H3/t15?,16?,18-,19+,21?,22?,23?,24?,27-,28+/m1/s1. The summed E-state index contributed by atoms with van der Waals surface area (Å²) in [4.78, 5) is 13.7. The highest BCUT2D eigenvalue weighted by atomic mass is 16.7. The number of aliphatic hydroxyl groups is 8. The van der Waals surface area contributed by atoms with Gasteiger partial charge in [0.05, 0.1) is 20.3 Å². The molecule has 45 heavy (non-hydrogen) atoms. The minimum atomic E-state index is -1.92. The third-order valence-corrected chi connectivity index (χ3v) is 7.54. The van der Waals surface area contributed by atoms with Crippen LogP contribution in [0.3, 0.4) is 0 Å². The first kappa shape index (κ1) is 32.6. The Kier molecular flexibility index (Phi) is 9.38. The van der Waals surface area contributed by atoms with Crippen molar-refractivity contribution in [3.05, 3.63) is 40.6 Å². The second-order valence-corrected chi connectivity index (χ2v) is 10.4. The molecule has 0 spiro atoms. The predicted octanol–water partition coefficient (Wildman–Crippen LogP) is -2.76. The Morgan fingerprint density at radius 3 is 1.84 bits per heavy atom. The number of ether oxygens (including phenoxy) is 5. The van der Waals surface area contributed by atoms with E-state index in [2.05, 4.69) is 0 Å². The Morgan fingerprint density at radius 1 is 0.733 bits per heavy atom. The van der Waals surface area contributed by atoms with Crippen molar-refractivity contribution in [2.24, 2.45) is 0 Å². The van der Waals surface area contributed by atoms with Crippen molar-refractivity contribution in [3.63, 3.8) is 0 Å². The van der Waals surface area contributed by atoms with Gasteiger partial charge in [-0.05, 0) is 18.2 Å². The fourth-order valence-corrected chi connectivity index (χ4v) is 5.00. The average molecular weight is 641 g/mol. The zero-order valence-corrected chi connectivity index (χ0v) is 23.4. The van der Waals surface area contributed by atoms with E-state index in [9.17, 15) is 55.9 Å². The van der Waals surface area contributed by atoms with Crippen LogP contribution >= 0.6 is 0 Å². The van der Waals surface area contributed by atoms with Crippen LogP contribution in [-0.2, 0) is 9.47 Å². The highest BCUT2D eigenvalue weighted by Crippen LogP contribution is 2.40. The molecule has 2 aliphatic heterocycles. The van der Waals surface area contributed by atoms with Crippen molar-refractivity contribution in [1.82, 2.24) is 0 Å². The number of methoxy groups -OCH3 is 1. The van der Waals surface area contributed by atoms with E-state index < -0.39 is 97.3 Å². The SMILES string of the molecule is COc1cc(O)c2c(=O)c(O[C@@H]3OC(CO)[C@H](O)C(O)C3O)c(-c3ccc(O[C@@H]4OC(CO)[C@@H](O)C(O)C4O)c(O)c3)oc2c1. The van der Waals surface area contributed by atoms with E-state index >= 15 is 0 Å². The lowest BCUT2D eigenvalue weighted by Crippen LogP contribution is -2.60. The monoisotopic (exact) mass is 640 g/mol. The van der Waals surface area contributed by atoms with Gasteiger partial charge in [-0.3, -0.25) is 4.79 Å². The molecule has 5 rings (SSSR count). The maximum Gasteiger partial charge on any atom is 0.239 e. The van der Waals surface area contributed by atoms with Crippen LogP contribution in [-0.4, -0.2) is 133 Å². The van der Waals surface area contributed by atoms with Crippen LogP contribution in [0.2, 0.25) is 0 Å². The second-order valence-electron chi connectivity index (χ2n) is 10.4. The fraction of sp³-hybridized carbons (Fsp3) is 0.464. The predicted molar refractivity (Wildman–Crippen MR) is 147 cm³/mol. The molecule has 2 aliphatic rings. The first-order chi connectivity index (χ1) is 21.4. The summed E-state index contributed by atoms with van der Waals surface area (Å²) in [6, 6.07) is 5.89. The zero-order chi connectivity index (χ0) is 32.7. The van der Waals surface area contributed by atoms with Gasteiger partial charge < -0.3 is 79.2 Å². The van der Waals surface area contributed by atoms with E-state index in [1.54, 1.807) is 0 Å². The minimum absolute atomic E-state index is 0.0467. The Hall–Kier alpha value is -3.75. The quantitative estimate of drug-likeness (QED) is 0.119. The zero-order valence-electron chi connectivity index (χ0n) is 23.4. The van der Waals surface area contributed by atoms with Crippen molar-refractivity contribution >= 4 is 11.0 Å². The van der Waals surface area contributed by atoms with Crippen LogP contribution in [0.15, 0.2) is 39.5 Å². The van der Waals surface area contributed by atoms with E-state index in [1.807, 2.05) is 0 Å². The van der Waals surface area contributed by atoms with E-state index in [1.165, 1.54) is 19.2 Å². The van der Waals surface area contributed by atoms with Crippen molar-refractivity contribution in [3.8, 4) is 40.1 Å². The summed E-state index contributed by atoms with van der Waals surface area (Å²) in [6.45, 7) is -1.50. The Labute approximate surface area is 252 Å². The fourth-order valence-electron chi connectivity index (χ4n) is 5.00. The van der Waals surface area contributed by atoms with Gasteiger partial charge in [-0.25, -0.2) is 0 Å². The number of phenolic OH excluding ortho intramolecular Hbond substituents is 2. The highest BCUT2D eigenvalue weighted by molar-refractivity contribution is 5.88. The first-order valence-electron chi connectivity index (χ1n) is 13.6. The Bertz CT molecular complexity index is 1570. The van der Waals surface area contributed by atoms with Gasteiger partial charge >= 0.3 is 0 Å². The normalized spacial score (nSPS) is 31.9. The molecular formula is C28H32O17. The molecule has 2 fully saturated rings. The number of rotatable bonds is 8. The van der Waals surface area contributed by atoms with Crippen LogP contribution in [0.1, 0.15) is 0 Å². The topological polar surface area (TPSA) is 279 Å². The third kappa shape index (κ3) is 5.98. The molecule has 17 nitrogen and oxygen atoms in total. The van der Waals surface area contributed by atoms with Gasteiger partial charge in [0.2, 0.25) is 23.8 Å². The average Bonchev–Trinajstić information content (AvgIpc) is 3.02. The van der Waals surface area contributed by atoms with Crippen LogP contribution < -0.4 is 19.6 Å². The maximum atomic E-state index is 13.7. The molecule has 0 amide bonds. The van der Waals surface area contributed by atoms with Crippen LogP contribution in [0.25, 0.3) is 22.3 Å². The van der Waals surface area contributed by atoms with Crippen molar-refractivity contribution < 1.29 is 79.2 Å². The molecule has 10 N–H and O–H groups in total. The molecule has 0 aliphatic carbocycles. The van der Waals surface area contributed by atoms with E-state index in [-0.39, 0.29) is 33.8 Å². The molecule has 0 bridgehead atoms. The van der Waals surface area contributed by atoms with Crippen LogP contribution in [0.4, 0.5) is 0 Å². The second kappa shape index (κ2) is 12.9. The van der Waals surface area contributed by atoms with E-state index in [0.29, 0.717) is 0 Å². The number of phenols is 2. The molecule has 0 radical (unpaired) electrons. The van der Waals surface area contributed by atoms with Crippen LogP contribution in [0.5, 0.6) is 28.7 Å². The molecule has 3 aromatic rings. The van der Waals surface area contributed by atoms with Crippen molar-refractivity contribution in [1.29, 1.82) is 0 Å². The minimum Gasteiger partial charge on any atom is -0.507 e. The van der Waals surface area contributed by atoms with Crippen LogP contribution in [0, 0.1) is 0 Å². The van der Waals surface area contributed by atoms with E-state index in [4.69, 9.17) is 28.1 Å². The van der Waals surface area contributed by atoms with Gasteiger partial charge in [-0.15, -0.1) is 0 Å². The Morgan fingerprint density at radius 2 is 1.31 bits per heavy atom. The molecule has 0 saturated carbocycles. The molecule has 2 saturated heterocycles. The molecule has 10 atom stereocenters. The molecule has 6 unspecified atom stereocenters.